The van der Waals surface area contributed by atoms with Crippen LogP contribution in [0.2, 0.25) is 0 Å². The summed E-state index contributed by atoms with van der Waals surface area (Å²) in [5, 5.41) is 14.5. The van der Waals surface area contributed by atoms with E-state index < -0.39 is 11.7 Å². The molecule has 1 amide bonds. The van der Waals surface area contributed by atoms with E-state index in [0.29, 0.717) is 6.42 Å². The second-order valence-corrected chi connectivity index (χ2v) is 5.63. The molecule has 1 aromatic rings. The Hall–Kier alpha value is -1.14. The minimum absolute atomic E-state index is 0.140. The largest absolute Gasteiger partial charge is 0.444 e. The van der Waals surface area contributed by atoms with E-state index in [0.717, 1.165) is 5.01 Å². The molecule has 1 rings (SSSR count). The minimum atomic E-state index is -0.536. The number of carbonyl (C=O) groups excluding carboxylic acids is 1. The highest BCUT2D eigenvalue weighted by molar-refractivity contribution is 7.09. The summed E-state index contributed by atoms with van der Waals surface area (Å²) in [7, 11) is 0. The summed E-state index contributed by atoms with van der Waals surface area (Å²) >= 11 is 1.49. The summed E-state index contributed by atoms with van der Waals surface area (Å²) in [6, 6.07) is -0.365. The van der Waals surface area contributed by atoms with Crippen LogP contribution in [0.4, 0.5) is 4.79 Å². The van der Waals surface area contributed by atoms with Crippen LogP contribution in [-0.4, -0.2) is 34.4 Å². The van der Waals surface area contributed by atoms with Gasteiger partial charge in [-0.1, -0.05) is 0 Å². The lowest BCUT2D eigenvalue weighted by atomic mass is 10.2. The number of amides is 1. The zero-order chi connectivity index (χ0) is 12.9. The Bertz CT molecular complexity index is 346. The molecule has 0 aliphatic carbocycles. The van der Waals surface area contributed by atoms with Gasteiger partial charge in [0, 0.05) is 18.0 Å². The normalized spacial score (nSPS) is 13.2. The van der Waals surface area contributed by atoms with Gasteiger partial charge in [0.25, 0.3) is 0 Å². The van der Waals surface area contributed by atoms with Crippen molar-refractivity contribution in [3.8, 4) is 0 Å². The Kier molecular flexibility index (Phi) is 4.89. The van der Waals surface area contributed by atoms with Crippen molar-refractivity contribution in [2.24, 2.45) is 0 Å². The SMILES string of the molecule is CC(C)(C)OC(=O)N[C@H](CO)Cc1nccs1. The van der Waals surface area contributed by atoms with Crippen LogP contribution in [0.15, 0.2) is 11.6 Å². The molecule has 0 saturated carbocycles. The number of thiazole rings is 1. The van der Waals surface area contributed by atoms with E-state index >= 15 is 0 Å². The molecule has 96 valence electrons. The predicted molar refractivity (Wildman–Crippen MR) is 66.1 cm³/mol. The third kappa shape index (κ3) is 5.65. The van der Waals surface area contributed by atoms with Gasteiger partial charge < -0.3 is 15.2 Å². The van der Waals surface area contributed by atoms with Gasteiger partial charge in [0.2, 0.25) is 0 Å². The van der Waals surface area contributed by atoms with Crippen LogP contribution in [0.1, 0.15) is 25.8 Å². The fraction of sp³-hybridized carbons (Fsp3) is 0.636. The number of ether oxygens (including phenoxy) is 1. The molecule has 0 spiro atoms. The van der Waals surface area contributed by atoms with Crippen LogP contribution in [-0.2, 0) is 11.2 Å². The Balaban J connectivity index is 2.44. The molecule has 5 nitrogen and oxygen atoms in total. The molecule has 0 aliphatic heterocycles. The van der Waals surface area contributed by atoms with Gasteiger partial charge >= 0.3 is 6.09 Å². The van der Waals surface area contributed by atoms with Crippen molar-refractivity contribution in [1.82, 2.24) is 10.3 Å². The number of rotatable bonds is 4. The van der Waals surface area contributed by atoms with Gasteiger partial charge in [0.15, 0.2) is 0 Å². The number of aliphatic hydroxyl groups excluding tert-OH is 1. The van der Waals surface area contributed by atoms with E-state index in [9.17, 15) is 9.90 Å². The van der Waals surface area contributed by atoms with Crippen LogP contribution in [0.3, 0.4) is 0 Å². The molecule has 17 heavy (non-hydrogen) atoms. The lowest BCUT2D eigenvalue weighted by Gasteiger charge is -2.22. The second-order valence-electron chi connectivity index (χ2n) is 4.66. The van der Waals surface area contributed by atoms with Crippen LogP contribution >= 0.6 is 11.3 Å². The molecule has 1 aromatic heterocycles. The summed E-state index contributed by atoms with van der Waals surface area (Å²) in [6.45, 7) is 5.24. The number of hydrogen-bond donors (Lipinski definition) is 2. The van der Waals surface area contributed by atoms with E-state index in [2.05, 4.69) is 10.3 Å². The maximum atomic E-state index is 11.5. The Morgan fingerprint density at radius 1 is 1.65 bits per heavy atom. The summed E-state index contributed by atoms with van der Waals surface area (Å²) in [5.74, 6) is 0. The lowest BCUT2D eigenvalue weighted by Crippen LogP contribution is -2.42. The summed E-state index contributed by atoms with van der Waals surface area (Å²) < 4.78 is 5.11. The van der Waals surface area contributed by atoms with E-state index in [1.807, 2.05) is 5.38 Å². The summed E-state index contributed by atoms with van der Waals surface area (Å²) in [5.41, 5.74) is -0.536. The molecule has 1 heterocycles. The van der Waals surface area contributed by atoms with Gasteiger partial charge in [0.05, 0.1) is 17.7 Å². The van der Waals surface area contributed by atoms with Crippen molar-refractivity contribution in [1.29, 1.82) is 0 Å². The fourth-order valence-electron chi connectivity index (χ4n) is 1.20. The van der Waals surface area contributed by atoms with Gasteiger partial charge in [-0.15, -0.1) is 11.3 Å². The number of nitrogens with zero attached hydrogens (tertiary/aromatic N) is 1. The molecule has 0 aliphatic rings. The van der Waals surface area contributed by atoms with Gasteiger partial charge in [0.1, 0.15) is 5.60 Å². The lowest BCUT2D eigenvalue weighted by molar-refractivity contribution is 0.0483. The van der Waals surface area contributed by atoms with Crippen LogP contribution in [0.25, 0.3) is 0 Å². The second kappa shape index (κ2) is 5.97. The van der Waals surface area contributed by atoms with Crippen LogP contribution in [0, 0.1) is 0 Å². The highest BCUT2D eigenvalue weighted by Crippen LogP contribution is 2.09. The molecule has 1 atom stereocenters. The zero-order valence-electron chi connectivity index (χ0n) is 10.3. The molecular formula is C11H18N2O3S. The topological polar surface area (TPSA) is 71.5 Å². The Morgan fingerprint density at radius 3 is 2.82 bits per heavy atom. The molecule has 0 unspecified atom stereocenters. The van der Waals surface area contributed by atoms with Gasteiger partial charge in [-0.3, -0.25) is 0 Å². The van der Waals surface area contributed by atoms with Crippen molar-refractivity contribution in [2.45, 2.75) is 38.8 Å². The molecule has 2 N–H and O–H groups in total. The van der Waals surface area contributed by atoms with Gasteiger partial charge in [-0.05, 0) is 20.8 Å². The number of hydrogen-bond acceptors (Lipinski definition) is 5. The third-order valence-electron chi connectivity index (χ3n) is 1.85. The van der Waals surface area contributed by atoms with Crippen molar-refractivity contribution in [3.63, 3.8) is 0 Å². The number of aromatic nitrogens is 1. The van der Waals surface area contributed by atoms with E-state index in [-0.39, 0.29) is 12.6 Å². The van der Waals surface area contributed by atoms with Gasteiger partial charge in [-0.25, -0.2) is 9.78 Å². The zero-order valence-corrected chi connectivity index (χ0v) is 11.1. The smallest absolute Gasteiger partial charge is 0.407 e. The van der Waals surface area contributed by atoms with Crippen molar-refractivity contribution >= 4 is 17.4 Å². The third-order valence-corrected chi connectivity index (χ3v) is 2.65. The average molecular weight is 258 g/mol. The van der Waals surface area contributed by atoms with Crippen LogP contribution < -0.4 is 5.32 Å². The molecule has 0 bridgehead atoms. The van der Waals surface area contributed by atoms with E-state index in [4.69, 9.17) is 4.74 Å². The van der Waals surface area contributed by atoms with E-state index in [1.54, 1.807) is 27.0 Å². The predicted octanol–water partition coefficient (Wildman–Crippen LogP) is 1.57. The first-order valence-electron chi connectivity index (χ1n) is 5.39. The molecule has 6 heteroatoms. The number of alkyl carbamates (subject to hydrolysis) is 1. The first-order valence-corrected chi connectivity index (χ1v) is 6.27. The number of aliphatic hydroxyl groups is 1. The number of carbonyl (C=O) groups is 1. The minimum Gasteiger partial charge on any atom is -0.444 e. The molecular weight excluding hydrogens is 240 g/mol. The Morgan fingerprint density at radius 2 is 2.35 bits per heavy atom. The summed E-state index contributed by atoms with van der Waals surface area (Å²) in [4.78, 5) is 15.6. The summed E-state index contributed by atoms with van der Waals surface area (Å²) in [6.07, 6.45) is 1.68. The maximum absolute atomic E-state index is 11.5. The van der Waals surface area contributed by atoms with Crippen molar-refractivity contribution < 1.29 is 14.6 Å². The molecule has 0 fully saturated rings. The van der Waals surface area contributed by atoms with E-state index in [1.165, 1.54) is 11.3 Å². The molecule has 0 saturated heterocycles. The van der Waals surface area contributed by atoms with Crippen molar-refractivity contribution in [2.75, 3.05) is 6.61 Å². The van der Waals surface area contributed by atoms with Gasteiger partial charge in [-0.2, -0.15) is 0 Å². The monoisotopic (exact) mass is 258 g/mol. The highest BCUT2D eigenvalue weighted by atomic mass is 32.1. The highest BCUT2D eigenvalue weighted by Gasteiger charge is 2.19. The van der Waals surface area contributed by atoms with Crippen molar-refractivity contribution in [3.05, 3.63) is 16.6 Å². The number of nitrogens with one attached hydrogen (secondary N) is 1. The molecule has 0 aromatic carbocycles. The average Bonchev–Trinajstić information content (AvgIpc) is 2.66. The Labute approximate surface area is 105 Å². The van der Waals surface area contributed by atoms with Crippen LogP contribution in [0.5, 0.6) is 0 Å². The standard InChI is InChI=1S/C11H18N2O3S/c1-11(2,3)16-10(15)13-8(7-14)6-9-12-4-5-17-9/h4-5,8,14H,6-7H2,1-3H3,(H,13,15)/t8-/m0/s1. The first-order chi connectivity index (χ1) is 7.90. The first kappa shape index (κ1) is 13.9. The maximum Gasteiger partial charge on any atom is 0.407 e. The quantitative estimate of drug-likeness (QED) is 0.860. The fourth-order valence-corrected chi connectivity index (χ4v) is 1.90. The molecule has 0 radical (unpaired) electrons.